The maximum Gasteiger partial charge on any atom is 0.235 e. The van der Waals surface area contributed by atoms with Crippen LogP contribution in [0.1, 0.15) is 29.8 Å². The molecule has 2 aromatic carbocycles. The molecular weight excluding hydrogens is 314 g/mol. The minimum Gasteiger partial charge on any atom is -0.423 e. The zero-order valence-corrected chi connectivity index (χ0v) is 14.6. The summed E-state index contributed by atoms with van der Waals surface area (Å²) in [5, 5.41) is 18.1. The summed E-state index contributed by atoms with van der Waals surface area (Å²) in [4.78, 5) is 2.04. The van der Waals surface area contributed by atoms with Crippen LogP contribution >= 0.6 is 0 Å². The predicted octanol–water partition coefficient (Wildman–Crippen LogP) is 3.36. The molecule has 0 amide bonds. The molecule has 1 heterocycles. The lowest BCUT2D eigenvalue weighted by Crippen LogP contribution is -2.30. The van der Waals surface area contributed by atoms with E-state index in [0.29, 0.717) is 31.3 Å². The van der Waals surface area contributed by atoms with Gasteiger partial charge in [-0.3, -0.25) is 0 Å². The molecule has 0 bridgehead atoms. The van der Waals surface area contributed by atoms with Gasteiger partial charge >= 0.3 is 0 Å². The van der Waals surface area contributed by atoms with E-state index in [-0.39, 0.29) is 0 Å². The van der Waals surface area contributed by atoms with Gasteiger partial charge in [0.1, 0.15) is 0 Å². The first-order chi connectivity index (χ1) is 12.1. The smallest absolute Gasteiger partial charge is 0.235 e. The molecule has 130 valence electrons. The molecule has 0 aliphatic rings. The fraction of sp³-hybridized carbons (Fsp3) is 0.300. The predicted molar refractivity (Wildman–Crippen MR) is 97.5 cm³/mol. The van der Waals surface area contributed by atoms with E-state index in [1.807, 2.05) is 47.4 Å². The highest BCUT2D eigenvalue weighted by Gasteiger charge is 2.15. The number of benzene rings is 2. The van der Waals surface area contributed by atoms with Crippen molar-refractivity contribution in [1.82, 2.24) is 10.2 Å². The number of aliphatic hydroxyl groups is 1. The second-order valence-electron chi connectivity index (χ2n) is 6.26. The van der Waals surface area contributed by atoms with Crippen LogP contribution in [0.4, 0.5) is 5.69 Å². The van der Waals surface area contributed by atoms with Crippen molar-refractivity contribution in [2.45, 2.75) is 32.9 Å². The highest BCUT2D eigenvalue weighted by Crippen LogP contribution is 2.18. The number of aliphatic hydroxyl groups excluding tert-OH is 1. The van der Waals surface area contributed by atoms with Gasteiger partial charge in [-0.05, 0) is 37.1 Å². The summed E-state index contributed by atoms with van der Waals surface area (Å²) >= 11 is 0. The normalized spacial score (nSPS) is 12.1. The first-order valence-corrected chi connectivity index (χ1v) is 8.45. The monoisotopic (exact) mass is 337 g/mol. The molecule has 3 aromatic rings. The second kappa shape index (κ2) is 7.94. The molecule has 0 fully saturated rings. The minimum absolute atomic E-state index is 0.449. The third-order valence-corrected chi connectivity index (χ3v) is 4.04. The number of anilines is 1. The molecular formula is C20H23N3O2. The quantitative estimate of drug-likeness (QED) is 0.716. The number of rotatable bonds is 7. The number of nitrogens with zero attached hydrogens (tertiary/aromatic N) is 3. The van der Waals surface area contributed by atoms with Crippen molar-refractivity contribution in [3.8, 4) is 0 Å². The molecule has 25 heavy (non-hydrogen) atoms. The molecule has 0 saturated carbocycles. The van der Waals surface area contributed by atoms with Gasteiger partial charge in [0.15, 0.2) is 0 Å². The lowest BCUT2D eigenvalue weighted by Gasteiger charge is -2.24. The Morgan fingerprint density at radius 3 is 2.40 bits per heavy atom. The van der Waals surface area contributed by atoms with Gasteiger partial charge < -0.3 is 14.4 Å². The molecule has 0 radical (unpaired) electrons. The maximum atomic E-state index is 9.78. The molecule has 0 aliphatic heterocycles. The lowest BCUT2D eigenvalue weighted by molar-refractivity contribution is 0.198. The minimum atomic E-state index is -0.449. The fourth-order valence-electron chi connectivity index (χ4n) is 2.78. The van der Waals surface area contributed by atoms with Crippen molar-refractivity contribution in [1.29, 1.82) is 0 Å². The van der Waals surface area contributed by atoms with E-state index in [1.54, 1.807) is 6.92 Å². The zero-order valence-electron chi connectivity index (χ0n) is 14.6. The Balaban J connectivity index is 1.73. The van der Waals surface area contributed by atoms with Crippen LogP contribution in [0.5, 0.6) is 0 Å². The topological polar surface area (TPSA) is 62.4 Å². The highest BCUT2D eigenvalue weighted by molar-refractivity contribution is 5.46. The van der Waals surface area contributed by atoms with Gasteiger partial charge in [-0.2, -0.15) is 0 Å². The lowest BCUT2D eigenvalue weighted by atomic mass is 10.1. The van der Waals surface area contributed by atoms with E-state index in [1.165, 1.54) is 11.1 Å². The maximum absolute atomic E-state index is 9.78. The van der Waals surface area contributed by atoms with Crippen LogP contribution in [0.3, 0.4) is 0 Å². The molecule has 0 saturated heterocycles. The summed E-state index contributed by atoms with van der Waals surface area (Å²) in [6.45, 7) is 4.81. The number of hydrogen-bond acceptors (Lipinski definition) is 5. The molecule has 5 nitrogen and oxygen atoms in total. The fourth-order valence-corrected chi connectivity index (χ4v) is 2.78. The second-order valence-corrected chi connectivity index (χ2v) is 6.26. The Labute approximate surface area is 147 Å². The van der Waals surface area contributed by atoms with Crippen LogP contribution in [0.15, 0.2) is 59.0 Å². The third kappa shape index (κ3) is 4.67. The standard InChI is InChI=1S/C20H23N3O2/c1-15-8-6-7-9-17(15)12-19-21-22-20(25-19)14-23(13-16(2)24)18-10-4-3-5-11-18/h3-11,16,24H,12-14H2,1-2H3. The van der Waals surface area contributed by atoms with E-state index < -0.39 is 6.10 Å². The van der Waals surface area contributed by atoms with Crippen LogP contribution in [0.2, 0.25) is 0 Å². The number of aryl methyl sites for hydroxylation is 1. The number of para-hydroxylation sites is 1. The average molecular weight is 337 g/mol. The Morgan fingerprint density at radius 1 is 1.00 bits per heavy atom. The SMILES string of the molecule is Cc1ccccc1Cc1nnc(CN(CC(C)O)c2ccccc2)o1. The van der Waals surface area contributed by atoms with Gasteiger partial charge in [0, 0.05) is 12.2 Å². The summed E-state index contributed by atoms with van der Waals surface area (Å²) in [5.74, 6) is 1.16. The van der Waals surface area contributed by atoms with E-state index >= 15 is 0 Å². The first-order valence-electron chi connectivity index (χ1n) is 8.45. The summed E-state index contributed by atoms with van der Waals surface area (Å²) < 4.78 is 5.83. The number of aromatic nitrogens is 2. The van der Waals surface area contributed by atoms with Crippen molar-refractivity contribution >= 4 is 5.69 Å². The van der Waals surface area contributed by atoms with Gasteiger partial charge in [-0.15, -0.1) is 10.2 Å². The van der Waals surface area contributed by atoms with Crippen molar-refractivity contribution in [3.63, 3.8) is 0 Å². The van der Waals surface area contributed by atoms with Gasteiger partial charge in [-0.25, -0.2) is 0 Å². The molecule has 3 rings (SSSR count). The zero-order chi connectivity index (χ0) is 17.6. The molecule has 1 unspecified atom stereocenters. The number of hydrogen-bond donors (Lipinski definition) is 1. The molecule has 0 aliphatic carbocycles. The third-order valence-electron chi connectivity index (χ3n) is 4.04. The van der Waals surface area contributed by atoms with Gasteiger partial charge in [-0.1, -0.05) is 42.5 Å². The molecule has 1 N–H and O–H groups in total. The van der Waals surface area contributed by atoms with E-state index in [4.69, 9.17) is 4.42 Å². The highest BCUT2D eigenvalue weighted by atomic mass is 16.4. The summed E-state index contributed by atoms with van der Waals surface area (Å²) in [6, 6.07) is 18.1. The summed E-state index contributed by atoms with van der Waals surface area (Å²) in [5.41, 5.74) is 3.41. The van der Waals surface area contributed by atoms with Gasteiger partial charge in [0.25, 0.3) is 0 Å². The molecule has 1 aromatic heterocycles. The molecule has 0 spiro atoms. The van der Waals surface area contributed by atoms with Crippen LogP contribution in [0.25, 0.3) is 0 Å². The van der Waals surface area contributed by atoms with Crippen LogP contribution in [-0.2, 0) is 13.0 Å². The average Bonchev–Trinajstić information content (AvgIpc) is 3.04. The van der Waals surface area contributed by atoms with Crippen molar-refractivity contribution in [3.05, 3.63) is 77.5 Å². The summed E-state index contributed by atoms with van der Waals surface area (Å²) in [6.07, 6.45) is 0.177. The van der Waals surface area contributed by atoms with E-state index in [2.05, 4.69) is 29.3 Å². The van der Waals surface area contributed by atoms with Crippen LogP contribution in [0, 0.1) is 6.92 Å². The van der Waals surface area contributed by atoms with Gasteiger partial charge in [0.05, 0.1) is 19.1 Å². The van der Waals surface area contributed by atoms with Crippen molar-refractivity contribution in [2.24, 2.45) is 0 Å². The summed E-state index contributed by atoms with van der Waals surface area (Å²) in [7, 11) is 0. The molecule has 5 heteroatoms. The Bertz CT molecular complexity index is 799. The first kappa shape index (κ1) is 17.2. The van der Waals surface area contributed by atoms with E-state index in [9.17, 15) is 5.11 Å². The van der Waals surface area contributed by atoms with Crippen molar-refractivity contribution < 1.29 is 9.52 Å². The van der Waals surface area contributed by atoms with Crippen LogP contribution < -0.4 is 4.90 Å². The van der Waals surface area contributed by atoms with Gasteiger partial charge in [0.2, 0.25) is 11.8 Å². The Kier molecular flexibility index (Phi) is 5.46. The van der Waals surface area contributed by atoms with Crippen molar-refractivity contribution in [2.75, 3.05) is 11.4 Å². The molecule has 1 atom stereocenters. The Hall–Kier alpha value is -2.66. The van der Waals surface area contributed by atoms with Crippen LogP contribution in [-0.4, -0.2) is 28.0 Å². The van der Waals surface area contributed by atoms with E-state index in [0.717, 1.165) is 5.69 Å². The Morgan fingerprint density at radius 2 is 1.68 bits per heavy atom. The largest absolute Gasteiger partial charge is 0.423 e.